The number of nitrogens with zero attached hydrogens (tertiary/aromatic N) is 1. The van der Waals surface area contributed by atoms with Crippen LogP contribution < -0.4 is 66.0 Å². The molecule has 0 aliphatic carbocycles. The number of hydrogen-bond acceptors (Lipinski definition) is 24. The average Bonchev–Trinajstić information content (AvgIpc) is 3.54. The van der Waals surface area contributed by atoms with Gasteiger partial charge in [0.25, 0.3) is 0 Å². The van der Waals surface area contributed by atoms with Crippen LogP contribution in [0.5, 0.6) is 0 Å². The minimum atomic E-state index is -0.167. The molecule has 1 saturated heterocycles. The van der Waals surface area contributed by atoms with E-state index in [1.807, 2.05) is 113 Å². The van der Waals surface area contributed by atoms with Gasteiger partial charge in [-0.2, -0.15) is 0 Å². The number of aliphatic hydroxyl groups excluding tert-OH is 1. The summed E-state index contributed by atoms with van der Waals surface area (Å²) in [5.74, 6) is 4.60. The van der Waals surface area contributed by atoms with E-state index in [0.29, 0.717) is 0 Å². The molecule has 2 rings (SSSR count). The lowest BCUT2D eigenvalue weighted by molar-refractivity contribution is -0.129. The summed E-state index contributed by atoms with van der Waals surface area (Å²) in [6.45, 7) is 72.3. The highest BCUT2D eigenvalue weighted by molar-refractivity contribution is 5.73. The van der Waals surface area contributed by atoms with E-state index >= 15 is 0 Å². The van der Waals surface area contributed by atoms with Crippen LogP contribution in [-0.4, -0.2) is 138 Å². The first-order valence-electron chi connectivity index (χ1n) is 26.2. The summed E-state index contributed by atoms with van der Waals surface area (Å²) < 4.78 is 0. The molecule has 1 aliphatic heterocycles. The van der Waals surface area contributed by atoms with Crippen LogP contribution in [0, 0.1) is 29.6 Å². The number of aliphatic hydroxyl groups is 1. The third-order valence-corrected chi connectivity index (χ3v) is 6.32. The summed E-state index contributed by atoms with van der Waals surface area (Å²) in [5.41, 5.74) is 19.4. The molecule has 25 heteroatoms. The molecule has 1 aliphatic rings. The fourth-order valence-electron chi connectivity index (χ4n) is 1.92. The fraction of sp³-hybridized carbons (Fsp3) is 0.705. The molecular formula is C61H164N12O13. The van der Waals surface area contributed by atoms with Crippen LogP contribution in [0.3, 0.4) is 0 Å². The number of rotatable bonds is 5. The van der Waals surface area contributed by atoms with Crippen molar-refractivity contribution in [3.63, 3.8) is 0 Å². The van der Waals surface area contributed by atoms with Crippen LogP contribution in [0.25, 0.3) is 0 Å². The van der Waals surface area contributed by atoms with Gasteiger partial charge in [-0.05, 0) is 103 Å². The largest absolute Gasteiger partial charge is 0.394 e. The molecule has 546 valence electrons. The summed E-state index contributed by atoms with van der Waals surface area (Å²) in [4.78, 5) is 101. The highest BCUT2D eigenvalue weighted by Crippen LogP contribution is 2.07. The maximum atomic E-state index is 10.7. The predicted octanol–water partition coefficient (Wildman–Crippen LogP) is 13.0. The zero-order chi connectivity index (χ0) is 70.8. The Morgan fingerprint density at radius 3 is 0.581 bits per heavy atom. The molecule has 0 aromatic heterocycles. The lowest BCUT2D eigenvalue weighted by Crippen LogP contribution is -2.33. The Bertz CT molecular complexity index is 777. The molecule has 0 bridgehead atoms. The number of aryl methyl sites for hydroxylation is 1. The second-order valence-electron chi connectivity index (χ2n) is 14.4. The lowest BCUT2D eigenvalue weighted by Gasteiger charge is -2.24. The van der Waals surface area contributed by atoms with Crippen molar-refractivity contribution in [1.29, 1.82) is 0 Å². The monoisotopic (exact) mass is 1270 g/mol. The van der Waals surface area contributed by atoms with E-state index in [0.717, 1.165) is 49.1 Å². The van der Waals surface area contributed by atoms with Gasteiger partial charge in [-0.1, -0.05) is 194 Å². The molecule has 25 nitrogen and oxygen atoms in total. The maximum Gasteiger partial charge on any atom is 0.219 e. The van der Waals surface area contributed by atoms with Gasteiger partial charge in [0.05, 0.1) is 0 Å². The Labute approximate surface area is 535 Å². The van der Waals surface area contributed by atoms with Crippen LogP contribution in [0.1, 0.15) is 210 Å². The molecular weight excluding hydrogens is 1110 g/mol. The topological polar surface area (TPSA) is 577 Å². The SMILES string of the molecule is C=O.C=O.C=O.C=O.C=O.C=O.C=O.C=O.C=O.C=O.C=O.CC.CC.CC(=O)N1CCCCC1.CC(C)C.CC(C)O.CCC(C)C.CCC(C)C.CCC(C)C.CCC(C)C.CCc1ccccc1.CN.CN.CN.CN.N.N.N.N.N.N.N. The third-order valence-electron chi connectivity index (χ3n) is 6.32. The smallest absolute Gasteiger partial charge is 0.219 e. The summed E-state index contributed by atoms with van der Waals surface area (Å²) >= 11 is 0. The average molecular weight is 1270 g/mol. The highest BCUT2D eigenvalue weighted by atomic mass is 16.3. The molecule has 30 N–H and O–H groups in total. The number of carbonyl (C=O) groups excluding carboxylic acids is 12. The van der Waals surface area contributed by atoms with Crippen LogP contribution in [-0.2, 0) is 64.0 Å². The standard InChI is InChI=1S/C8H10.C7H13NO.4C5H12.C4H10.C3H8O.2C2H6.4CH5N.11CH2O.7H3N/c1-2-8-6-4-3-5-7-8;1-7(9)8-5-3-2-4-6-8;4*1-4-5(2)3;1-4(2)3;1-3(2)4;17*1-2;;;;;;;/h3-7H,2H2,1H3;2-6H2,1H3;4*5H,4H2,1-3H3;4H,1-3H3;3-4H,1-2H3;2*1-2H3;4*2H2,1H3;11*1H2;7*1H3. The van der Waals surface area contributed by atoms with Crippen LogP contribution in [0.2, 0.25) is 0 Å². The van der Waals surface area contributed by atoms with Crippen LogP contribution >= 0.6 is 0 Å². The number of likely N-dealkylation sites (tertiary alicyclic amines) is 1. The molecule has 86 heavy (non-hydrogen) atoms. The second-order valence-corrected chi connectivity index (χ2v) is 14.4. The summed E-state index contributed by atoms with van der Waals surface area (Å²) in [5, 5.41) is 8.06. The van der Waals surface area contributed by atoms with Crippen molar-refractivity contribution in [1.82, 2.24) is 48.0 Å². The predicted molar refractivity (Wildman–Crippen MR) is 387 cm³/mol. The number of benzene rings is 1. The van der Waals surface area contributed by atoms with Gasteiger partial charge in [0, 0.05) is 26.1 Å². The van der Waals surface area contributed by atoms with E-state index < -0.39 is 0 Å². The van der Waals surface area contributed by atoms with Crippen molar-refractivity contribution in [2.24, 2.45) is 52.5 Å². The Morgan fingerprint density at radius 2 is 0.512 bits per heavy atom. The lowest BCUT2D eigenvalue weighted by atomic mass is 10.1. The number of nitrogens with two attached hydrogens (primary N) is 4. The third kappa shape index (κ3) is 783. The first kappa shape index (κ1) is 199. The molecule has 1 fully saturated rings. The molecule has 0 spiro atoms. The van der Waals surface area contributed by atoms with Gasteiger partial charge in [-0.15, -0.1) is 0 Å². The summed E-state index contributed by atoms with van der Waals surface area (Å²) in [6.07, 6.45) is 9.88. The van der Waals surface area contributed by atoms with Gasteiger partial charge in [-0.25, -0.2) is 0 Å². The highest BCUT2D eigenvalue weighted by Gasteiger charge is 2.11. The fourth-order valence-corrected chi connectivity index (χ4v) is 1.92. The van der Waals surface area contributed by atoms with Crippen LogP contribution in [0.15, 0.2) is 30.3 Å². The van der Waals surface area contributed by atoms with Crippen molar-refractivity contribution < 1.29 is 62.6 Å². The summed E-state index contributed by atoms with van der Waals surface area (Å²) in [7, 11) is 6.00. The number of amides is 1. The number of hydrogen-bond donors (Lipinski definition) is 12. The van der Waals surface area contributed by atoms with E-state index in [2.05, 4.69) is 158 Å². The van der Waals surface area contributed by atoms with Crippen molar-refractivity contribution >= 4 is 80.6 Å². The number of carbonyl (C=O) groups is 12. The molecule has 0 radical (unpaired) electrons. The van der Waals surface area contributed by atoms with E-state index in [4.69, 9.17) is 57.8 Å². The van der Waals surface area contributed by atoms with Gasteiger partial charge >= 0.3 is 0 Å². The van der Waals surface area contributed by atoms with Crippen molar-refractivity contribution in [3.05, 3.63) is 35.9 Å². The quantitative estimate of drug-likeness (QED) is 0.130. The van der Waals surface area contributed by atoms with E-state index in [9.17, 15) is 4.79 Å². The molecule has 1 heterocycles. The summed E-state index contributed by atoms with van der Waals surface area (Å²) in [6, 6.07) is 10.5. The van der Waals surface area contributed by atoms with Gasteiger partial charge in [0.15, 0.2) is 0 Å². The molecule has 1 amide bonds. The van der Waals surface area contributed by atoms with Crippen molar-refractivity contribution in [3.8, 4) is 0 Å². The first-order chi connectivity index (χ1) is 37.8. The van der Waals surface area contributed by atoms with Gasteiger partial charge in [0.2, 0.25) is 5.91 Å². The zero-order valence-electron chi connectivity index (χ0n) is 62.3. The van der Waals surface area contributed by atoms with E-state index in [1.165, 1.54) is 78.7 Å². The Hall–Kier alpha value is -5.42. The van der Waals surface area contributed by atoms with E-state index in [1.54, 1.807) is 20.8 Å². The zero-order valence-corrected chi connectivity index (χ0v) is 62.3. The Balaban J connectivity index is -0.0000000139. The maximum absolute atomic E-state index is 10.7. The number of piperidine rings is 1. The molecule has 0 unspecified atom stereocenters. The molecule has 1 aromatic rings. The van der Waals surface area contributed by atoms with Gasteiger partial charge in [0.1, 0.15) is 74.7 Å². The van der Waals surface area contributed by atoms with Gasteiger partial charge in [-0.3, -0.25) is 4.79 Å². The normalized spacial score (nSPS) is 6.93. The minimum absolute atomic E-state index is 0. The minimum Gasteiger partial charge on any atom is -0.394 e. The Kier molecular flexibility index (Phi) is 852. The van der Waals surface area contributed by atoms with Gasteiger partial charge < -0.3 is 129 Å². The first-order valence-corrected chi connectivity index (χ1v) is 26.2. The van der Waals surface area contributed by atoms with E-state index in [-0.39, 0.29) is 55.1 Å². The second kappa shape index (κ2) is 367. The van der Waals surface area contributed by atoms with Crippen LogP contribution in [0.4, 0.5) is 0 Å². The molecule has 0 atom stereocenters. The molecule has 1 aromatic carbocycles. The van der Waals surface area contributed by atoms with Crippen molar-refractivity contribution in [2.75, 3.05) is 41.3 Å². The Morgan fingerprint density at radius 1 is 0.384 bits per heavy atom. The van der Waals surface area contributed by atoms with Crippen molar-refractivity contribution in [2.45, 2.75) is 217 Å². The molecule has 0 saturated carbocycles.